The van der Waals surface area contributed by atoms with Crippen molar-refractivity contribution in [3.05, 3.63) is 0 Å². The van der Waals surface area contributed by atoms with Gasteiger partial charge in [0.25, 0.3) is 0 Å². The molecule has 15 heavy (non-hydrogen) atoms. The number of ether oxygens (including phenoxy) is 1. The second kappa shape index (κ2) is 10.2. The van der Waals surface area contributed by atoms with E-state index >= 15 is 0 Å². The lowest BCUT2D eigenvalue weighted by atomic mass is 10.3. The minimum Gasteiger partial charge on any atom is -0.372 e. The highest BCUT2D eigenvalue weighted by molar-refractivity contribution is 5.85. The molecule has 0 bridgehead atoms. The summed E-state index contributed by atoms with van der Waals surface area (Å²) in [6, 6.07) is 0.0808. The zero-order valence-electron chi connectivity index (χ0n) is 9.86. The summed E-state index contributed by atoms with van der Waals surface area (Å²) in [5, 5.41) is 0. The van der Waals surface area contributed by atoms with E-state index in [9.17, 15) is 4.79 Å². The number of likely N-dealkylation sites (N-methyl/N-ethyl adjacent to an activating group) is 1. The minimum absolute atomic E-state index is 0. The number of amides is 1. The number of hydrogen-bond donors (Lipinski definition) is 1. The number of rotatable bonds is 7. The third kappa shape index (κ3) is 7.59. The van der Waals surface area contributed by atoms with Gasteiger partial charge >= 0.3 is 0 Å². The van der Waals surface area contributed by atoms with Crippen LogP contribution in [-0.2, 0) is 9.53 Å². The number of carbonyl (C=O) groups excluding carboxylic acids is 1. The van der Waals surface area contributed by atoms with Gasteiger partial charge < -0.3 is 15.4 Å². The van der Waals surface area contributed by atoms with Crippen LogP contribution in [0.15, 0.2) is 0 Å². The van der Waals surface area contributed by atoms with Crippen LogP contribution in [0.25, 0.3) is 0 Å². The smallest absolute Gasteiger partial charge is 0.248 e. The standard InChI is InChI=1S/C10H22N2O2.ClH/c1-4-5-6-14-8-10(13)12(3)9(2)7-11;/h9H,4-8,11H2,1-3H3;1H. The van der Waals surface area contributed by atoms with E-state index in [0.29, 0.717) is 13.2 Å². The monoisotopic (exact) mass is 238 g/mol. The number of nitrogens with two attached hydrogens (primary N) is 1. The van der Waals surface area contributed by atoms with Crippen molar-refractivity contribution in [2.75, 3.05) is 26.8 Å². The van der Waals surface area contributed by atoms with Gasteiger partial charge in [-0.3, -0.25) is 4.79 Å². The number of carbonyl (C=O) groups is 1. The Labute approximate surface area is 98.6 Å². The molecule has 0 aromatic carbocycles. The summed E-state index contributed by atoms with van der Waals surface area (Å²) < 4.78 is 5.22. The van der Waals surface area contributed by atoms with E-state index in [-0.39, 0.29) is 31.0 Å². The Bertz CT molecular complexity index is 168. The Kier molecular flexibility index (Phi) is 11.6. The van der Waals surface area contributed by atoms with E-state index in [4.69, 9.17) is 10.5 Å². The normalized spacial score (nSPS) is 11.7. The van der Waals surface area contributed by atoms with Crippen molar-refractivity contribution in [2.45, 2.75) is 32.7 Å². The second-order valence-electron chi connectivity index (χ2n) is 3.50. The van der Waals surface area contributed by atoms with Crippen LogP contribution in [0.4, 0.5) is 0 Å². The number of halogens is 1. The Morgan fingerprint density at radius 1 is 1.53 bits per heavy atom. The fourth-order valence-electron chi connectivity index (χ4n) is 0.912. The van der Waals surface area contributed by atoms with Crippen LogP contribution in [0.2, 0.25) is 0 Å². The molecule has 92 valence electrons. The van der Waals surface area contributed by atoms with Crippen molar-refractivity contribution in [1.82, 2.24) is 4.90 Å². The summed E-state index contributed by atoms with van der Waals surface area (Å²) in [6.45, 7) is 5.32. The molecule has 1 unspecified atom stereocenters. The largest absolute Gasteiger partial charge is 0.372 e. The van der Waals surface area contributed by atoms with Gasteiger partial charge in [-0.25, -0.2) is 0 Å². The van der Waals surface area contributed by atoms with E-state index in [2.05, 4.69) is 6.92 Å². The van der Waals surface area contributed by atoms with E-state index in [1.54, 1.807) is 11.9 Å². The summed E-state index contributed by atoms with van der Waals surface area (Å²) in [4.78, 5) is 13.1. The molecular formula is C10H23ClN2O2. The molecule has 2 N–H and O–H groups in total. The zero-order valence-corrected chi connectivity index (χ0v) is 10.7. The quantitative estimate of drug-likeness (QED) is 0.674. The molecule has 0 fully saturated rings. The van der Waals surface area contributed by atoms with Gasteiger partial charge in [0.1, 0.15) is 6.61 Å². The molecule has 0 aromatic heterocycles. The first kappa shape index (κ1) is 17.1. The van der Waals surface area contributed by atoms with E-state index in [1.807, 2.05) is 6.92 Å². The average Bonchev–Trinajstić information content (AvgIpc) is 2.21. The third-order valence-corrected chi connectivity index (χ3v) is 2.26. The van der Waals surface area contributed by atoms with Crippen molar-refractivity contribution >= 4 is 18.3 Å². The lowest BCUT2D eigenvalue weighted by Crippen LogP contribution is -2.41. The van der Waals surface area contributed by atoms with Gasteiger partial charge in [0.15, 0.2) is 0 Å². The van der Waals surface area contributed by atoms with Gasteiger partial charge in [-0.05, 0) is 13.3 Å². The van der Waals surface area contributed by atoms with Crippen molar-refractivity contribution in [3.63, 3.8) is 0 Å². The predicted molar refractivity (Wildman–Crippen MR) is 64.3 cm³/mol. The van der Waals surface area contributed by atoms with E-state index < -0.39 is 0 Å². The lowest BCUT2D eigenvalue weighted by Gasteiger charge is -2.23. The molecule has 0 saturated heterocycles. The van der Waals surface area contributed by atoms with Gasteiger partial charge in [-0.1, -0.05) is 13.3 Å². The molecule has 0 aliphatic heterocycles. The molecular weight excluding hydrogens is 216 g/mol. The number of nitrogens with zero attached hydrogens (tertiary/aromatic N) is 1. The maximum atomic E-state index is 11.5. The average molecular weight is 239 g/mol. The second-order valence-corrected chi connectivity index (χ2v) is 3.50. The minimum atomic E-state index is -0.000877. The van der Waals surface area contributed by atoms with Gasteiger partial charge in [0, 0.05) is 26.2 Å². The summed E-state index contributed by atoms with van der Waals surface area (Å²) >= 11 is 0. The van der Waals surface area contributed by atoms with Gasteiger partial charge in [0.05, 0.1) is 0 Å². The van der Waals surface area contributed by atoms with E-state index in [1.165, 1.54) is 0 Å². The van der Waals surface area contributed by atoms with Crippen LogP contribution in [0.5, 0.6) is 0 Å². The zero-order chi connectivity index (χ0) is 11.0. The molecule has 0 radical (unpaired) electrons. The Morgan fingerprint density at radius 3 is 2.60 bits per heavy atom. The molecule has 0 rings (SSSR count). The fourth-order valence-corrected chi connectivity index (χ4v) is 0.912. The molecule has 1 atom stereocenters. The molecule has 0 aromatic rings. The molecule has 0 aliphatic rings. The summed E-state index contributed by atoms with van der Waals surface area (Å²) in [5.74, 6) is -0.000877. The summed E-state index contributed by atoms with van der Waals surface area (Å²) in [6.07, 6.45) is 2.09. The molecule has 0 saturated carbocycles. The lowest BCUT2D eigenvalue weighted by molar-refractivity contribution is -0.136. The van der Waals surface area contributed by atoms with Crippen LogP contribution in [0.1, 0.15) is 26.7 Å². The van der Waals surface area contributed by atoms with Crippen molar-refractivity contribution in [1.29, 1.82) is 0 Å². The van der Waals surface area contributed by atoms with Crippen molar-refractivity contribution < 1.29 is 9.53 Å². The molecule has 0 aliphatic carbocycles. The predicted octanol–water partition coefficient (Wildman–Crippen LogP) is 1.03. The first-order valence-corrected chi connectivity index (χ1v) is 5.17. The number of hydrogen-bond acceptors (Lipinski definition) is 3. The molecule has 0 heterocycles. The van der Waals surface area contributed by atoms with Gasteiger partial charge in [-0.2, -0.15) is 0 Å². The van der Waals surface area contributed by atoms with Crippen LogP contribution in [0, 0.1) is 0 Å². The third-order valence-electron chi connectivity index (χ3n) is 2.26. The topological polar surface area (TPSA) is 55.6 Å². The summed E-state index contributed by atoms with van der Waals surface area (Å²) in [5.41, 5.74) is 5.45. The molecule has 5 heteroatoms. The molecule has 0 spiro atoms. The first-order valence-electron chi connectivity index (χ1n) is 5.17. The molecule has 1 amide bonds. The van der Waals surface area contributed by atoms with Crippen LogP contribution < -0.4 is 5.73 Å². The highest BCUT2D eigenvalue weighted by Gasteiger charge is 2.13. The Morgan fingerprint density at radius 2 is 2.13 bits per heavy atom. The van der Waals surface area contributed by atoms with Gasteiger partial charge in [0.2, 0.25) is 5.91 Å². The molecule has 4 nitrogen and oxygen atoms in total. The van der Waals surface area contributed by atoms with Gasteiger partial charge in [-0.15, -0.1) is 12.4 Å². The first-order chi connectivity index (χ1) is 6.63. The Balaban J connectivity index is 0. The van der Waals surface area contributed by atoms with Crippen molar-refractivity contribution in [3.8, 4) is 0 Å². The maximum Gasteiger partial charge on any atom is 0.248 e. The van der Waals surface area contributed by atoms with Crippen LogP contribution in [0.3, 0.4) is 0 Å². The highest BCUT2D eigenvalue weighted by atomic mass is 35.5. The SMILES string of the molecule is CCCCOCC(=O)N(C)C(C)CN.Cl. The Hall–Kier alpha value is -0.320. The fraction of sp³-hybridized carbons (Fsp3) is 0.900. The van der Waals surface area contributed by atoms with E-state index in [0.717, 1.165) is 12.8 Å². The van der Waals surface area contributed by atoms with Crippen LogP contribution >= 0.6 is 12.4 Å². The highest BCUT2D eigenvalue weighted by Crippen LogP contribution is 1.95. The number of unbranched alkanes of at least 4 members (excludes halogenated alkanes) is 1. The maximum absolute atomic E-state index is 11.5. The van der Waals surface area contributed by atoms with Crippen molar-refractivity contribution in [2.24, 2.45) is 5.73 Å². The van der Waals surface area contributed by atoms with Crippen LogP contribution in [-0.4, -0.2) is 43.7 Å². The summed E-state index contributed by atoms with van der Waals surface area (Å²) in [7, 11) is 1.75.